The second kappa shape index (κ2) is 12.3. The van der Waals surface area contributed by atoms with Crippen molar-refractivity contribution < 1.29 is 31.1 Å². The van der Waals surface area contributed by atoms with Crippen molar-refractivity contribution in [1.82, 2.24) is 9.62 Å². The minimum Gasteiger partial charge on any atom is -0.484 e. The number of rotatable bonds is 10. The molecule has 10 nitrogen and oxygen atoms in total. The zero-order valence-corrected chi connectivity index (χ0v) is 23.4. The number of ether oxygens (including phenoxy) is 2. The summed E-state index contributed by atoms with van der Waals surface area (Å²) in [5, 5.41) is 2.71. The number of hydrogen-bond acceptors (Lipinski definition) is 7. The zero-order chi connectivity index (χ0) is 27.2. The van der Waals surface area contributed by atoms with E-state index in [9.17, 15) is 21.6 Å². The van der Waals surface area contributed by atoms with E-state index >= 15 is 0 Å². The van der Waals surface area contributed by atoms with Crippen LogP contribution in [0, 0.1) is 0 Å². The highest BCUT2D eigenvalue weighted by Crippen LogP contribution is 2.21. The Kier molecular flexibility index (Phi) is 9.05. The van der Waals surface area contributed by atoms with Crippen molar-refractivity contribution in [3.63, 3.8) is 0 Å². The Hall–Kier alpha value is -2.97. The molecular formula is C25H26BrN3O7S2. The molecule has 1 fully saturated rings. The molecule has 0 aliphatic carbocycles. The first-order chi connectivity index (χ1) is 18.1. The van der Waals surface area contributed by atoms with Gasteiger partial charge >= 0.3 is 0 Å². The van der Waals surface area contributed by atoms with Gasteiger partial charge in [0.1, 0.15) is 5.75 Å². The number of carbonyl (C=O) groups excluding carboxylic acids is 1. The molecule has 0 saturated carbocycles. The van der Waals surface area contributed by atoms with E-state index in [1.54, 1.807) is 36.4 Å². The van der Waals surface area contributed by atoms with E-state index in [1.165, 1.54) is 40.7 Å². The summed E-state index contributed by atoms with van der Waals surface area (Å²) in [4.78, 5) is 12.5. The topological polar surface area (TPSA) is 131 Å². The number of amides is 1. The van der Waals surface area contributed by atoms with Crippen molar-refractivity contribution in [2.75, 3.05) is 37.6 Å². The summed E-state index contributed by atoms with van der Waals surface area (Å²) in [5.74, 6) is -0.0518. The summed E-state index contributed by atoms with van der Waals surface area (Å²) in [5.41, 5.74) is 1.16. The molecule has 202 valence electrons. The molecule has 0 atom stereocenters. The summed E-state index contributed by atoms with van der Waals surface area (Å²) in [6.07, 6.45) is 0. The van der Waals surface area contributed by atoms with Gasteiger partial charge in [-0.25, -0.2) is 16.8 Å². The van der Waals surface area contributed by atoms with E-state index in [4.69, 9.17) is 9.47 Å². The monoisotopic (exact) mass is 623 g/mol. The fourth-order valence-electron chi connectivity index (χ4n) is 3.56. The van der Waals surface area contributed by atoms with Crippen LogP contribution < -0.4 is 14.8 Å². The van der Waals surface area contributed by atoms with Gasteiger partial charge in [0.15, 0.2) is 6.61 Å². The second-order valence-electron chi connectivity index (χ2n) is 8.31. The Morgan fingerprint density at radius 3 is 2.11 bits per heavy atom. The smallest absolute Gasteiger partial charge is 0.261 e. The Labute approximate surface area is 230 Å². The lowest BCUT2D eigenvalue weighted by Crippen LogP contribution is -2.40. The highest BCUT2D eigenvalue weighted by molar-refractivity contribution is 9.10. The molecule has 2 N–H and O–H groups in total. The summed E-state index contributed by atoms with van der Waals surface area (Å²) in [7, 11) is -7.36. The fraction of sp³-hybridized carbons (Fsp3) is 0.240. The number of benzene rings is 3. The van der Waals surface area contributed by atoms with Gasteiger partial charge in [-0.3, -0.25) is 9.52 Å². The maximum atomic E-state index is 12.7. The zero-order valence-electron chi connectivity index (χ0n) is 20.2. The van der Waals surface area contributed by atoms with E-state index in [0.29, 0.717) is 37.7 Å². The highest BCUT2D eigenvalue weighted by Gasteiger charge is 2.26. The fourth-order valence-corrected chi connectivity index (χ4v) is 6.29. The first-order valence-corrected chi connectivity index (χ1v) is 15.3. The van der Waals surface area contributed by atoms with Gasteiger partial charge in [-0.2, -0.15) is 4.31 Å². The average Bonchev–Trinajstić information content (AvgIpc) is 2.93. The van der Waals surface area contributed by atoms with E-state index in [0.717, 1.165) is 10.0 Å². The molecule has 13 heteroatoms. The molecular weight excluding hydrogens is 598 g/mol. The summed E-state index contributed by atoms with van der Waals surface area (Å²) >= 11 is 3.30. The van der Waals surface area contributed by atoms with E-state index in [-0.39, 0.29) is 28.8 Å². The molecule has 0 unspecified atom stereocenters. The number of morpholine rings is 1. The molecule has 3 aromatic carbocycles. The van der Waals surface area contributed by atoms with Gasteiger partial charge in [-0.15, -0.1) is 0 Å². The van der Waals surface area contributed by atoms with Crippen molar-refractivity contribution in [2.24, 2.45) is 0 Å². The highest BCUT2D eigenvalue weighted by atomic mass is 79.9. The summed E-state index contributed by atoms with van der Waals surface area (Å²) in [6.45, 7) is 1.31. The van der Waals surface area contributed by atoms with Gasteiger partial charge in [-0.05, 0) is 66.2 Å². The van der Waals surface area contributed by atoms with E-state index in [2.05, 4.69) is 26.0 Å². The maximum Gasteiger partial charge on any atom is 0.261 e. The lowest BCUT2D eigenvalue weighted by Gasteiger charge is -2.26. The van der Waals surface area contributed by atoms with Gasteiger partial charge in [0.25, 0.3) is 15.9 Å². The van der Waals surface area contributed by atoms with E-state index in [1.807, 2.05) is 0 Å². The van der Waals surface area contributed by atoms with Crippen LogP contribution >= 0.6 is 15.9 Å². The Bertz CT molecular complexity index is 1460. The largest absolute Gasteiger partial charge is 0.484 e. The molecule has 1 aliphatic heterocycles. The third-order valence-electron chi connectivity index (χ3n) is 5.62. The molecule has 1 aliphatic rings. The van der Waals surface area contributed by atoms with Crippen molar-refractivity contribution in [3.8, 4) is 5.75 Å². The Morgan fingerprint density at radius 1 is 0.868 bits per heavy atom. The third-order valence-corrected chi connectivity index (χ3v) is 9.46. The molecule has 0 spiro atoms. The van der Waals surface area contributed by atoms with Gasteiger partial charge in [0.05, 0.1) is 23.0 Å². The third kappa shape index (κ3) is 7.32. The van der Waals surface area contributed by atoms with E-state index < -0.39 is 20.0 Å². The van der Waals surface area contributed by atoms with Crippen LogP contribution in [-0.4, -0.2) is 60.0 Å². The SMILES string of the molecule is O=C(COc1ccc(S(=O)(=O)Nc2ccc(Br)cc2)cc1)NCc1ccc(S(=O)(=O)N2CCOCC2)cc1. The molecule has 4 rings (SSSR count). The van der Waals surface area contributed by atoms with Crippen LogP contribution in [0.1, 0.15) is 5.56 Å². The van der Waals surface area contributed by atoms with Crippen LogP contribution in [0.25, 0.3) is 0 Å². The first kappa shape index (κ1) is 28.0. The molecule has 3 aromatic rings. The van der Waals surface area contributed by atoms with Crippen LogP contribution in [0.4, 0.5) is 5.69 Å². The molecule has 0 radical (unpaired) electrons. The van der Waals surface area contributed by atoms with Crippen molar-refractivity contribution in [3.05, 3.63) is 82.8 Å². The number of nitrogens with zero attached hydrogens (tertiary/aromatic N) is 1. The van der Waals surface area contributed by atoms with Gasteiger partial charge in [0, 0.05) is 29.8 Å². The summed E-state index contributed by atoms with van der Waals surface area (Å²) in [6, 6.07) is 18.8. The number of nitrogens with one attached hydrogen (secondary N) is 2. The van der Waals surface area contributed by atoms with Crippen LogP contribution in [0.2, 0.25) is 0 Å². The minimum absolute atomic E-state index is 0.0521. The van der Waals surface area contributed by atoms with Gasteiger partial charge < -0.3 is 14.8 Å². The molecule has 0 bridgehead atoms. The number of sulfonamides is 2. The quantitative estimate of drug-likeness (QED) is 0.355. The van der Waals surface area contributed by atoms with Crippen LogP contribution in [0.3, 0.4) is 0 Å². The standard InChI is InChI=1S/C25H26BrN3O7S2/c26-20-3-5-21(6-4-20)28-37(31,32)23-11-7-22(8-12-23)36-18-25(30)27-17-19-1-9-24(10-2-19)38(33,34)29-13-15-35-16-14-29/h1-12,28H,13-18H2,(H,27,30). The maximum absolute atomic E-state index is 12.7. The lowest BCUT2D eigenvalue weighted by molar-refractivity contribution is -0.123. The van der Waals surface area contributed by atoms with Crippen LogP contribution in [0.5, 0.6) is 5.75 Å². The van der Waals surface area contributed by atoms with Gasteiger partial charge in [0.2, 0.25) is 10.0 Å². The Morgan fingerprint density at radius 2 is 1.47 bits per heavy atom. The number of halogens is 1. The number of anilines is 1. The molecule has 38 heavy (non-hydrogen) atoms. The second-order valence-corrected chi connectivity index (χ2v) is 12.8. The Balaban J connectivity index is 1.25. The molecule has 1 heterocycles. The molecule has 0 aromatic heterocycles. The van der Waals surface area contributed by atoms with Crippen LogP contribution in [0.15, 0.2) is 87.1 Å². The van der Waals surface area contributed by atoms with Crippen molar-refractivity contribution in [2.45, 2.75) is 16.3 Å². The minimum atomic E-state index is -3.78. The number of carbonyl (C=O) groups is 1. The predicted molar refractivity (Wildman–Crippen MR) is 145 cm³/mol. The summed E-state index contributed by atoms with van der Waals surface area (Å²) < 4.78 is 65.9. The van der Waals surface area contributed by atoms with Crippen molar-refractivity contribution >= 4 is 47.6 Å². The van der Waals surface area contributed by atoms with Crippen LogP contribution in [-0.2, 0) is 36.1 Å². The number of hydrogen-bond donors (Lipinski definition) is 2. The first-order valence-electron chi connectivity index (χ1n) is 11.6. The normalized spacial score (nSPS) is 14.6. The van der Waals surface area contributed by atoms with Crippen molar-refractivity contribution in [1.29, 1.82) is 0 Å². The predicted octanol–water partition coefficient (Wildman–Crippen LogP) is 2.97. The average molecular weight is 625 g/mol. The van der Waals surface area contributed by atoms with Gasteiger partial charge in [-0.1, -0.05) is 28.1 Å². The molecule has 1 saturated heterocycles. The molecule has 1 amide bonds. The lowest BCUT2D eigenvalue weighted by atomic mass is 10.2.